The van der Waals surface area contributed by atoms with E-state index in [0.717, 1.165) is 10.2 Å². The molecule has 3 N–H and O–H groups in total. The predicted octanol–water partition coefficient (Wildman–Crippen LogP) is 2.40. The first-order valence-corrected chi connectivity index (χ1v) is 6.86. The molecule has 0 radical (unpaired) electrons. The Hall–Kier alpha value is 0.1000. The van der Waals surface area contributed by atoms with Crippen molar-refractivity contribution in [2.45, 2.75) is 19.3 Å². The Bertz CT molecular complexity index is 331. The summed E-state index contributed by atoms with van der Waals surface area (Å²) < 4.78 is 1.15. The van der Waals surface area contributed by atoms with E-state index in [2.05, 4.69) is 28.1 Å². The summed E-state index contributed by atoms with van der Waals surface area (Å²) in [5.41, 5.74) is 5.78. The van der Waals surface area contributed by atoms with Crippen LogP contribution in [0, 0.1) is 11.3 Å². The molecule has 2 rings (SSSR count). The smallest absolute Gasteiger partial charge is 0.0701 e. The molecule has 0 amide bonds. The van der Waals surface area contributed by atoms with Gasteiger partial charge in [-0.25, -0.2) is 0 Å². The Labute approximate surface area is 103 Å². The molecule has 1 aliphatic rings. The van der Waals surface area contributed by atoms with Crippen LogP contribution in [0.3, 0.4) is 0 Å². The molecule has 1 aliphatic carbocycles. The van der Waals surface area contributed by atoms with Crippen LogP contribution in [0.2, 0.25) is 0 Å². The summed E-state index contributed by atoms with van der Waals surface area (Å²) in [5.74, 6) is 0.633. The molecule has 0 bridgehead atoms. The van der Waals surface area contributed by atoms with Crippen molar-refractivity contribution in [3.8, 4) is 0 Å². The molecule has 0 spiro atoms. The SMILES string of the molecule is NCC(CO)(Cc1ccc(Br)s1)C1CC1. The topological polar surface area (TPSA) is 46.2 Å². The second-order valence-electron chi connectivity index (χ2n) is 4.38. The number of thiophene rings is 1. The van der Waals surface area contributed by atoms with Crippen molar-refractivity contribution in [2.75, 3.05) is 13.2 Å². The van der Waals surface area contributed by atoms with Gasteiger partial charge in [-0.3, -0.25) is 0 Å². The summed E-state index contributed by atoms with van der Waals surface area (Å²) in [6, 6.07) is 4.18. The van der Waals surface area contributed by atoms with Gasteiger partial charge in [0, 0.05) is 16.8 Å². The minimum atomic E-state index is -0.0652. The minimum absolute atomic E-state index is 0.0652. The average molecular weight is 290 g/mol. The molecule has 4 heteroatoms. The highest BCUT2D eigenvalue weighted by Crippen LogP contribution is 2.47. The fourth-order valence-electron chi connectivity index (χ4n) is 2.12. The van der Waals surface area contributed by atoms with Crippen molar-refractivity contribution in [2.24, 2.45) is 17.1 Å². The van der Waals surface area contributed by atoms with Crippen LogP contribution in [0.1, 0.15) is 17.7 Å². The van der Waals surface area contributed by atoms with Gasteiger partial charge in [-0.15, -0.1) is 11.3 Å². The van der Waals surface area contributed by atoms with Crippen LogP contribution in [0.25, 0.3) is 0 Å². The zero-order valence-corrected chi connectivity index (χ0v) is 11.0. The Morgan fingerprint density at radius 2 is 2.27 bits per heavy atom. The summed E-state index contributed by atoms with van der Waals surface area (Å²) in [7, 11) is 0. The highest BCUT2D eigenvalue weighted by Gasteiger charge is 2.43. The number of nitrogens with two attached hydrogens (primary N) is 1. The van der Waals surface area contributed by atoms with E-state index in [-0.39, 0.29) is 12.0 Å². The van der Waals surface area contributed by atoms with Crippen molar-refractivity contribution in [3.05, 3.63) is 20.8 Å². The fraction of sp³-hybridized carbons (Fsp3) is 0.636. The largest absolute Gasteiger partial charge is 0.396 e. The van der Waals surface area contributed by atoms with E-state index in [0.29, 0.717) is 12.5 Å². The van der Waals surface area contributed by atoms with Crippen LogP contribution in [-0.2, 0) is 6.42 Å². The van der Waals surface area contributed by atoms with E-state index in [1.165, 1.54) is 17.7 Å². The van der Waals surface area contributed by atoms with Gasteiger partial charge in [0.1, 0.15) is 0 Å². The highest BCUT2D eigenvalue weighted by atomic mass is 79.9. The van der Waals surface area contributed by atoms with Gasteiger partial charge in [-0.2, -0.15) is 0 Å². The molecule has 0 aliphatic heterocycles. The molecule has 84 valence electrons. The van der Waals surface area contributed by atoms with E-state index < -0.39 is 0 Å². The van der Waals surface area contributed by atoms with E-state index in [1.807, 2.05) is 0 Å². The fourth-order valence-corrected chi connectivity index (χ4v) is 3.76. The molecule has 2 nitrogen and oxygen atoms in total. The maximum atomic E-state index is 9.57. The number of hydrogen-bond donors (Lipinski definition) is 2. The Kier molecular flexibility index (Phi) is 3.50. The van der Waals surface area contributed by atoms with Gasteiger partial charge < -0.3 is 10.8 Å². The first kappa shape index (κ1) is 11.6. The van der Waals surface area contributed by atoms with Crippen LogP contribution in [0.15, 0.2) is 15.9 Å². The maximum absolute atomic E-state index is 9.57. The van der Waals surface area contributed by atoms with Crippen LogP contribution >= 0.6 is 27.3 Å². The molecular formula is C11H16BrNOS. The van der Waals surface area contributed by atoms with Gasteiger partial charge in [0.05, 0.1) is 10.4 Å². The lowest BCUT2D eigenvalue weighted by atomic mass is 9.80. The summed E-state index contributed by atoms with van der Waals surface area (Å²) in [4.78, 5) is 1.31. The molecule has 1 aromatic heterocycles. The molecule has 1 aromatic rings. The van der Waals surface area contributed by atoms with Gasteiger partial charge >= 0.3 is 0 Å². The van der Waals surface area contributed by atoms with Gasteiger partial charge in [0.25, 0.3) is 0 Å². The van der Waals surface area contributed by atoms with E-state index in [9.17, 15) is 5.11 Å². The number of aliphatic hydroxyl groups excluding tert-OH is 1. The quantitative estimate of drug-likeness (QED) is 0.874. The van der Waals surface area contributed by atoms with E-state index >= 15 is 0 Å². The highest BCUT2D eigenvalue weighted by molar-refractivity contribution is 9.11. The Balaban J connectivity index is 2.12. The summed E-state index contributed by atoms with van der Waals surface area (Å²) in [6.07, 6.45) is 3.37. The van der Waals surface area contributed by atoms with Gasteiger partial charge in [-0.05, 0) is 53.2 Å². The molecule has 15 heavy (non-hydrogen) atoms. The number of rotatable bonds is 5. The molecule has 0 aromatic carbocycles. The van der Waals surface area contributed by atoms with Crippen molar-refractivity contribution in [1.82, 2.24) is 0 Å². The number of halogens is 1. The lowest BCUT2D eigenvalue weighted by molar-refractivity contribution is 0.110. The maximum Gasteiger partial charge on any atom is 0.0701 e. The lowest BCUT2D eigenvalue weighted by Gasteiger charge is -2.30. The van der Waals surface area contributed by atoms with Crippen molar-refractivity contribution >= 4 is 27.3 Å². The van der Waals surface area contributed by atoms with Crippen LogP contribution in [0.4, 0.5) is 0 Å². The molecular weight excluding hydrogens is 274 g/mol. The first-order chi connectivity index (χ1) is 7.20. The van der Waals surface area contributed by atoms with Crippen molar-refractivity contribution in [3.63, 3.8) is 0 Å². The standard InChI is InChI=1S/C11H16BrNOS/c12-10-4-3-9(15-10)5-11(6-13,7-14)8-1-2-8/h3-4,8,14H,1-2,5-7,13H2. The predicted molar refractivity (Wildman–Crippen MR) is 67.0 cm³/mol. The Morgan fingerprint density at radius 1 is 1.53 bits per heavy atom. The molecule has 1 fully saturated rings. The van der Waals surface area contributed by atoms with Gasteiger partial charge in [0.15, 0.2) is 0 Å². The molecule has 1 heterocycles. The Morgan fingerprint density at radius 3 is 2.67 bits per heavy atom. The normalized spacial score (nSPS) is 20.2. The first-order valence-electron chi connectivity index (χ1n) is 5.25. The third-order valence-corrected chi connectivity index (χ3v) is 4.94. The van der Waals surface area contributed by atoms with Gasteiger partial charge in [-0.1, -0.05) is 0 Å². The minimum Gasteiger partial charge on any atom is -0.396 e. The van der Waals surface area contributed by atoms with Crippen LogP contribution in [-0.4, -0.2) is 18.3 Å². The number of hydrogen-bond acceptors (Lipinski definition) is 3. The summed E-state index contributed by atoms with van der Waals surface area (Å²) in [5, 5.41) is 9.57. The van der Waals surface area contributed by atoms with Crippen LogP contribution < -0.4 is 5.73 Å². The van der Waals surface area contributed by atoms with E-state index in [4.69, 9.17) is 5.73 Å². The second kappa shape index (κ2) is 4.53. The third-order valence-electron chi connectivity index (χ3n) is 3.32. The summed E-state index contributed by atoms with van der Waals surface area (Å²) >= 11 is 5.20. The zero-order chi connectivity index (χ0) is 10.9. The monoisotopic (exact) mass is 289 g/mol. The van der Waals surface area contributed by atoms with Crippen molar-refractivity contribution < 1.29 is 5.11 Å². The molecule has 1 unspecified atom stereocenters. The van der Waals surface area contributed by atoms with Gasteiger partial charge in [0.2, 0.25) is 0 Å². The second-order valence-corrected chi connectivity index (χ2v) is 6.93. The van der Waals surface area contributed by atoms with E-state index in [1.54, 1.807) is 11.3 Å². The third kappa shape index (κ3) is 2.44. The average Bonchev–Trinajstić information content (AvgIpc) is 3.01. The molecule has 0 saturated heterocycles. The van der Waals surface area contributed by atoms with Crippen molar-refractivity contribution in [1.29, 1.82) is 0 Å². The molecule has 1 saturated carbocycles. The summed E-state index contributed by atoms with van der Waals surface area (Å²) in [6.45, 7) is 0.799. The lowest BCUT2D eigenvalue weighted by Crippen LogP contribution is -2.38. The van der Waals surface area contributed by atoms with Crippen LogP contribution in [0.5, 0.6) is 0 Å². The zero-order valence-electron chi connectivity index (χ0n) is 8.58. The number of aliphatic hydroxyl groups is 1. The molecule has 1 atom stereocenters.